The van der Waals surface area contributed by atoms with Crippen LogP contribution in [-0.4, -0.2) is 11.8 Å². The molecule has 1 N–H and O–H groups in total. The fourth-order valence-corrected chi connectivity index (χ4v) is 5.00. The predicted molar refractivity (Wildman–Crippen MR) is 85.9 cm³/mol. The first-order valence-corrected chi connectivity index (χ1v) is 8.25. The first-order chi connectivity index (χ1) is 11.2. The minimum atomic E-state index is -0.184. The van der Waals surface area contributed by atoms with Gasteiger partial charge in [0.15, 0.2) is 0 Å². The van der Waals surface area contributed by atoms with Crippen molar-refractivity contribution in [2.75, 3.05) is 0 Å². The zero-order valence-electron chi connectivity index (χ0n) is 12.7. The van der Waals surface area contributed by atoms with Gasteiger partial charge in [-0.2, -0.15) is 0 Å². The number of amides is 2. The Morgan fingerprint density at radius 2 is 1.39 bits per heavy atom. The third-order valence-electron chi connectivity index (χ3n) is 5.87. The highest BCUT2D eigenvalue weighted by Crippen LogP contribution is 2.57. The lowest BCUT2D eigenvalue weighted by Crippen LogP contribution is -2.38. The fourth-order valence-electron chi connectivity index (χ4n) is 5.00. The molecule has 1 heterocycles. The second-order valence-electron chi connectivity index (χ2n) is 6.91. The number of rotatable bonds is 1. The Hall–Kier alpha value is -2.42. The summed E-state index contributed by atoms with van der Waals surface area (Å²) < 4.78 is 0. The predicted octanol–water partition coefficient (Wildman–Crippen LogP) is 2.95. The molecule has 23 heavy (non-hydrogen) atoms. The lowest BCUT2D eigenvalue weighted by atomic mass is 9.56. The molecule has 2 aromatic carbocycles. The maximum atomic E-state index is 12.3. The summed E-state index contributed by atoms with van der Waals surface area (Å²) in [6, 6.07) is 17.2. The van der Waals surface area contributed by atoms with E-state index in [1.807, 2.05) is 0 Å². The van der Waals surface area contributed by atoms with Crippen LogP contribution >= 0.6 is 0 Å². The van der Waals surface area contributed by atoms with Crippen LogP contribution < -0.4 is 5.32 Å². The van der Waals surface area contributed by atoms with E-state index in [2.05, 4.69) is 53.8 Å². The van der Waals surface area contributed by atoms with Crippen LogP contribution in [0.15, 0.2) is 48.5 Å². The molecule has 0 saturated carbocycles. The number of imide groups is 1. The first kappa shape index (κ1) is 13.1. The van der Waals surface area contributed by atoms with Crippen molar-refractivity contribution < 1.29 is 9.59 Å². The topological polar surface area (TPSA) is 46.2 Å². The molecule has 2 amide bonds. The van der Waals surface area contributed by atoms with E-state index in [1.165, 1.54) is 22.3 Å². The van der Waals surface area contributed by atoms with Crippen LogP contribution in [0, 0.1) is 11.8 Å². The zero-order valence-corrected chi connectivity index (χ0v) is 12.7. The number of hydrogen-bond donors (Lipinski definition) is 1. The maximum Gasteiger partial charge on any atom is 0.230 e. The van der Waals surface area contributed by atoms with E-state index >= 15 is 0 Å². The molecule has 2 aromatic rings. The zero-order chi connectivity index (χ0) is 15.6. The Labute approximate surface area is 134 Å². The van der Waals surface area contributed by atoms with Crippen molar-refractivity contribution in [1.29, 1.82) is 0 Å². The lowest BCUT2D eigenvalue weighted by Gasteiger charge is -2.47. The van der Waals surface area contributed by atoms with Gasteiger partial charge < -0.3 is 0 Å². The second kappa shape index (κ2) is 4.54. The highest BCUT2D eigenvalue weighted by atomic mass is 16.2. The van der Waals surface area contributed by atoms with Crippen molar-refractivity contribution in [3.8, 4) is 0 Å². The minimum absolute atomic E-state index is 0.0810. The van der Waals surface area contributed by atoms with E-state index in [4.69, 9.17) is 0 Å². The summed E-state index contributed by atoms with van der Waals surface area (Å²) in [6.45, 7) is 0. The SMILES string of the molecule is O=C1CC(C2CC3c4ccccc4C2c2ccccc23)C(=O)N1. The van der Waals surface area contributed by atoms with Gasteiger partial charge in [-0.3, -0.25) is 14.9 Å². The lowest BCUT2D eigenvalue weighted by molar-refractivity contribution is -0.126. The van der Waals surface area contributed by atoms with Crippen LogP contribution in [-0.2, 0) is 9.59 Å². The van der Waals surface area contributed by atoms with Gasteiger partial charge in [-0.1, -0.05) is 48.5 Å². The summed E-state index contributed by atoms with van der Waals surface area (Å²) in [4.78, 5) is 23.9. The average molecular weight is 303 g/mol. The molecule has 0 aromatic heterocycles. The van der Waals surface area contributed by atoms with Crippen LogP contribution in [0.2, 0.25) is 0 Å². The van der Waals surface area contributed by atoms with Gasteiger partial charge in [0.1, 0.15) is 0 Å². The Morgan fingerprint density at radius 1 is 0.826 bits per heavy atom. The standard InChI is InChI=1S/C20H17NO2/c22-18-10-17(20(23)21-18)16-9-15-11-5-1-3-7-13(11)19(16)14-8-4-2-6-12(14)15/h1-8,15-17,19H,9-10H2,(H,21,22,23). The Balaban J connectivity index is 1.69. The van der Waals surface area contributed by atoms with Gasteiger partial charge in [0, 0.05) is 18.3 Å². The molecular formula is C20H17NO2. The van der Waals surface area contributed by atoms with Crippen LogP contribution in [0.25, 0.3) is 0 Å². The molecule has 3 aliphatic carbocycles. The highest BCUT2D eigenvalue weighted by Gasteiger charge is 2.49. The summed E-state index contributed by atoms with van der Waals surface area (Å²) in [5, 5.41) is 2.49. The molecule has 1 fully saturated rings. The normalized spacial score (nSPS) is 30.8. The molecule has 2 atom stereocenters. The van der Waals surface area contributed by atoms with E-state index < -0.39 is 0 Å². The summed E-state index contributed by atoms with van der Waals surface area (Å²) in [5.74, 6) is 0.411. The molecule has 1 saturated heterocycles. The summed E-state index contributed by atoms with van der Waals surface area (Å²) in [5.41, 5.74) is 5.49. The molecule has 6 rings (SSSR count). The molecule has 3 nitrogen and oxygen atoms in total. The average Bonchev–Trinajstić information content (AvgIpc) is 2.93. The van der Waals surface area contributed by atoms with Gasteiger partial charge in [-0.05, 0) is 34.6 Å². The first-order valence-electron chi connectivity index (χ1n) is 8.25. The molecule has 0 radical (unpaired) electrons. The summed E-state index contributed by atoms with van der Waals surface area (Å²) in [7, 11) is 0. The van der Waals surface area contributed by atoms with E-state index in [0.29, 0.717) is 12.3 Å². The molecule has 4 aliphatic rings. The van der Waals surface area contributed by atoms with Crippen molar-refractivity contribution in [2.45, 2.75) is 24.7 Å². The summed E-state index contributed by atoms with van der Waals surface area (Å²) in [6.07, 6.45) is 1.31. The Morgan fingerprint density at radius 3 is 1.91 bits per heavy atom. The van der Waals surface area contributed by atoms with Crippen LogP contribution in [0.4, 0.5) is 0 Å². The van der Waals surface area contributed by atoms with Gasteiger partial charge >= 0.3 is 0 Å². The largest absolute Gasteiger partial charge is 0.296 e. The van der Waals surface area contributed by atoms with Crippen molar-refractivity contribution in [1.82, 2.24) is 5.32 Å². The number of carbonyl (C=O) groups is 2. The monoisotopic (exact) mass is 303 g/mol. The molecular weight excluding hydrogens is 286 g/mol. The van der Waals surface area contributed by atoms with Gasteiger partial charge in [0.25, 0.3) is 0 Å². The van der Waals surface area contributed by atoms with E-state index in [9.17, 15) is 9.59 Å². The Bertz CT molecular complexity index is 794. The van der Waals surface area contributed by atoms with Crippen LogP contribution in [0.1, 0.15) is 46.9 Å². The summed E-state index contributed by atoms with van der Waals surface area (Å²) >= 11 is 0. The van der Waals surface area contributed by atoms with Gasteiger partial charge in [-0.15, -0.1) is 0 Å². The van der Waals surface area contributed by atoms with Crippen molar-refractivity contribution in [2.24, 2.45) is 11.8 Å². The fraction of sp³-hybridized carbons (Fsp3) is 0.300. The highest BCUT2D eigenvalue weighted by molar-refractivity contribution is 6.03. The number of nitrogens with one attached hydrogen (secondary N) is 1. The minimum Gasteiger partial charge on any atom is -0.296 e. The van der Waals surface area contributed by atoms with Crippen molar-refractivity contribution in [3.05, 3.63) is 70.8 Å². The molecule has 3 heteroatoms. The maximum absolute atomic E-state index is 12.3. The molecule has 2 bridgehead atoms. The number of fused-ring (bicyclic) bond motifs is 1. The number of carbonyl (C=O) groups excluding carboxylic acids is 2. The van der Waals surface area contributed by atoms with Gasteiger partial charge in [-0.25, -0.2) is 0 Å². The second-order valence-corrected chi connectivity index (χ2v) is 6.91. The molecule has 114 valence electrons. The third kappa shape index (κ3) is 1.70. The quantitative estimate of drug-likeness (QED) is 0.823. The third-order valence-corrected chi connectivity index (χ3v) is 5.87. The van der Waals surface area contributed by atoms with Crippen LogP contribution in [0.3, 0.4) is 0 Å². The van der Waals surface area contributed by atoms with E-state index in [0.717, 1.165) is 6.42 Å². The Kier molecular flexibility index (Phi) is 2.58. The van der Waals surface area contributed by atoms with E-state index in [-0.39, 0.29) is 29.6 Å². The van der Waals surface area contributed by atoms with Crippen molar-refractivity contribution in [3.63, 3.8) is 0 Å². The van der Waals surface area contributed by atoms with E-state index in [1.54, 1.807) is 0 Å². The van der Waals surface area contributed by atoms with Gasteiger partial charge in [0.05, 0.1) is 5.92 Å². The van der Waals surface area contributed by atoms with Gasteiger partial charge in [0.2, 0.25) is 11.8 Å². The number of hydrogen-bond acceptors (Lipinski definition) is 2. The number of benzene rings is 2. The van der Waals surface area contributed by atoms with Crippen LogP contribution in [0.5, 0.6) is 0 Å². The molecule has 2 unspecified atom stereocenters. The molecule has 1 aliphatic heterocycles. The molecule has 0 spiro atoms. The smallest absolute Gasteiger partial charge is 0.230 e. The van der Waals surface area contributed by atoms with Crippen molar-refractivity contribution >= 4 is 11.8 Å².